The molecule has 6 nitrogen and oxygen atoms in total. The highest BCUT2D eigenvalue weighted by Gasteiger charge is 2.18. The number of anilines is 1. The molecule has 8 heteroatoms. The summed E-state index contributed by atoms with van der Waals surface area (Å²) >= 11 is 0. The molecule has 0 saturated heterocycles. The maximum atomic E-state index is 13.5. The molecule has 0 unspecified atom stereocenters. The van der Waals surface area contributed by atoms with Gasteiger partial charge >= 0.3 is 0 Å². The first-order chi connectivity index (χ1) is 9.94. The molecule has 0 atom stereocenters. The van der Waals surface area contributed by atoms with Crippen LogP contribution in [-0.4, -0.2) is 29.9 Å². The first-order valence-electron chi connectivity index (χ1n) is 5.84. The Bertz CT molecular complexity index is 819. The average molecular weight is 309 g/mol. The molecule has 0 bridgehead atoms. The summed E-state index contributed by atoms with van der Waals surface area (Å²) < 4.78 is 41.3. The Labute approximate surface area is 121 Å². The van der Waals surface area contributed by atoms with Crippen LogP contribution in [0.1, 0.15) is 5.56 Å². The van der Waals surface area contributed by atoms with Gasteiger partial charge in [-0.05, 0) is 24.3 Å². The summed E-state index contributed by atoms with van der Waals surface area (Å²) in [5.41, 5.74) is 0.161. The van der Waals surface area contributed by atoms with E-state index in [1.807, 2.05) is 0 Å². The number of halogens is 1. The molecule has 0 radical (unpaired) electrons. The lowest BCUT2D eigenvalue weighted by Gasteiger charge is -2.08. The maximum Gasteiger partial charge on any atom is 0.279 e. The SMILES string of the molecule is Cn1nccc1S(=O)(=O)Nc1ccc(F)c(C#CCO)c1. The maximum absolute atomic E-state index is 13.5. The van der Waals surface area contributed by atoms with Gasteiger partial charge in [0.05, 0.1) is 17.4 Å². The van der Waals surface area contributed by atoms with Crippen molar-refractivity contribution in [3.63, 3.8) is 0 Å². The summed E-state index contributed by atoms with van der Waals surface area (Å²) in [6, 6.07) is 4.99. The zero-order chi connectivity index (χ0) is 15.5. The molecule has 2 N–H and O–H groups in total. The largest absolute Gasteiger partial charge is 0.384 e. The molecular formula is C13H12FN3O3S. The number of nitrogens with one attached hydrogen (secondary N) is 1. The molecule has 0 spiro atoms. The van der Waals surface area contributed by atoms with Gasteiger partial charge in [0.15, 0.2) is 5.03 Å². The Morgan fingerprint density at radius 1 is 1.43 bits per heavy atom. The van der Waals surface area contributed by atoms with Crippen LogP contribution in [0.15, 0.2) is 35.5 Å². The van der Waals surface area contributed by atoms with Crippen LogP contribution in [0.25, 0.3) is 0 Å². The van der Waals surface area contributed by atoms with E-state index < -0.39 is 22.4 Å². The number of aryl methyl sites for hydroxylation is 1. The molecule has 0 amide bonds. The quantitative estimate of drug-likeness (QED) is 0.818. The van der Waals surface area contributed by atoms with Crippen molar-refractivity contribution in [2.75, 3.05) is 11.3 Å². The molecule has 0 aliphatic rings. The van der Waals surface area contributed by atoms with Gasteiger partial charge < -0.3 is 5.11 Å². The Hall–Kier alpha value is -2.37. The van der Waals surface area contributed by atoms with Gasteiger partial charge in [-0.3, -0.25) is 9.40 Å². The molecule has 21 heavy (non-hydrogen) atoms. The number of aliphatic hydroxyl groups is 1. The van der Waals surface area contributed by atoms with Crippen LogP contribution >= 0.6 is 0 Å². The minimum atomic E-state index is -3.82. The van der Waals surface area contributed by atoms with E-state index in [0.717, 1.165) is 6.07 Å². The van der Waals surface area contributed by atoms with Crippen molar-refractivity contribution in [2.45, 2.75) is 5.03 Å². The molecule has 110 valence electrons. The minimum absolute atomic E-state index is 0.00532. The number of hydrogen-bond donors (Lipinski definition) is 2. The molecule has 1 aromatic carbocycles. The first-order valence-corrected chi connectivity index (χ1v) is 7.32. The summed E-state index contributed by atoms with van der Waals surface area (Å²) in [5, 5.41) is 12.4. The van der Waals surface area contributed by atoms with Gasteiger partial charge in [-0.2, -0.15) is 13.5 Å². The fourth-order valence-corrected chi connectivity index (χ4v) is 2.83. The number of sulfonamides is 1. The Balaban J connectivity index is 2.34. The number of hydrogen-bond acceptors (Lipinski definition) is 4. The second-order valence-corrected chi connectivity index (χ2v) is 5.68. The predicted molar refractivity (Wildman–Crippen MR) is 74.4 cm³/mol. The van der Waals surface area contributed by atoms with E-state index in [1.54, 1.807) is 0 Å². The predicted octanol–water partition coefficient (Wildman–Crippen LogP) is 0.704. The highest BCUT2D eigenvalue weighted by atomic mass is 32.2. The zero-order valence-corrected chi connectivity index (χ0v) is 11.9. The van der Waals surface area contributed by atoms with Crippen molar-refractivity contribution in [3.8, 4) is 11.8 Å². The lowest BCUT2D eigenvalue weighted by atomic mass is 10.2. The summed E-state index contributed by atoms with van der Waals surface area (Å²) in [6.45, 7) is -0.412. The van der Waals surface area contributed by atoms with Crippen LogP contribution in [-0.2, 0) is 17.1 Å². The van der Waals surface area contributed by atoms with Crippen molar-refractivity contribution in [1.29, 1.82) is 0 Å². The lowest BCUT2D eigenvalue weighted by molar-refractivity contribution is 0.350. The van der Waals surface area contributed by atoms with Gasteiger partial charge in [-0.1, -0.05) is 11.8 Å². The molecule has 2 rings (SSSR count). The molecule has 0 aliphatic heterocycles. The normalized spacial score (nSPS) is 10.8. The Morgan fingerprint density at radius 2 is 2.19 bits per heavy atom. The fraction of sp³-hybridized carbons (Fsp3) is 0.154. The number of aromatic nitrogens is 2. The van der Waals surface area contributed by atoms with Crippen molar-refractivity contribution in [1.82, 2.24) is 9.78 Å². The van der Waals surface area contributed by atoms with Gasteiger partial charge in [0.2, 0.25) is 0 Å². The van der Waals surface area contributed by atoms with Gasteiger partial charge in [-0.15, -0.1) is 0 Å². The van der Waals surface area contributed by atoms with E-state index in [4.69, 9.17) is 5.11 Å². The molecule has 1 aromatic heterocycles. The monoisotopic (exact) mass is 309 g/mol. The molecule has 0 aliphatic carbocycles. The summed E-state index contributed by atoms with van der Waals surface area (Å²) in [4.78, 5) is 0. The molecular weight excluding hydrogens is 297 g/mol. The summed E-state index contributed by atoms with van der Waals surface area (Å²) in [6.07, 6.45) is 1.36. The molecule has 0 saturated carbocycles. The number of rotatable bonds is 3. The standard InChI is InChI=1S/C13H12FN3O3S/c1-17-13(6-7-15-17)21(19,20)16-11-4-5-12(14)10(9-11)3-2-8-18/h4-7,9,16,18H,8H2,1H3. The summed E-state index contributed by atoms with van der Waals surface area (Å²) in [5.74, 6) is 4.12. The molecule has 1 heterocycles. The van der Waals surface area contributed by atoms with Gasteiger partial charge in [-0.25, -0.2) is 4.39 Å². The van der Waals surface area contributed by atoms with E-state index in [-0.39, 0.29) is 16.3 Å². The Morgan fingerprint density at radius 3 is 2.81 bits per heavy atom. The number of aliphatic hydroxyl groups excluding tert-OH is 1. The van der Waals surface area contributed by atoms with E-state index in [1.165, 1.54) is 36.1 Å². The van der Waals surface area contributed by atoms with Crippen molar-refractivity contribution >= 4 is 15.7 Å². The van der Waals surface area contributed by atoms with Gasteiger partial charge in [0.1, 0.15) is 12.4 Å². The van der Waals surface area contributed by atoms with Gasteiger partial charge in [0.25, 0.3) is 10.0 Å². The smallest absolute Gasteiger partial charge is 0.279 e. The topological polar surface area (TPSA) is 84.2 Å². The zero-order valence-electron chi connectivity index (χ0n) is 11.0. The lowest BCUT2D eigenvalue weighted by Crippen LogP contribution is -2.16. The Kier molecular flexibility index (Phi) is 4.26. The highest BCUT2D eigenvalue weighted by Crippen LogP contribution is 2.18. The highest BCUT2D eigenvalue weighted by molar-refractivity contribution is 7.92. The first kappa shape index (κ1) is 15.0. The van der Waals surface area contributed by atoms with E-state index in [0.29, 0.717) is 0 Å². The van der Waals surface area contributed by atoms with E-state index >= 15 is 0 Å². The number of nitrogens with zero attached hydrogens (tertiary/aromatic N) is 2. The fourth-order valence-electron chi connectivity index (χ4n) is 1.65. The molecule has 2 aromatic rings. The summed E-state index contributed by atoms with van der Waals surface area (Å²) in [7, 11) is -2.32. The van der Waals surface area contributed by atoms with Crippen LogP contribution in [0.5, 0.6) is 0 Å². The molecule has 0 fully saturated rings. The minimum Gasteiger partial charge on any atom is -0.384 e. The van der Waals surface area contributed by atoms with Crippen LogP contribution in [0.2, 0.25) is 0 Å². The van der Waals surface area contributed by atoms with Crippen molar-refractivity contribution in [3.05, 3.63) is 41.8 Å². The van der Waals surface area contributed by atoms with Crippen molar-refractivity contribution < 1.29 is 17.9 Å². The van der Waals surface area contributed by atoms with Crippen molar-refractivity contribution in [2.24, 2.45) is 7.05 Å². The third kappa shape index (κ3) is 3.39. The van der Waals surface area contributed by atoms with Crippen LogP contribution in [0.3, 0.4) is 0 Å². The third-order valence-corrected chi connectivity index (χ3v) is 4.03. The van der Waals surface area contributed by atoms with Gasteiger partial charge in [0, 0.05) is 7.05 Å². The van der Waals surface area contributed by atoms with Crippen LogP contribution in [0, 0.1) is 17.7 Å². The van der Waals surface area contributed by atoms with Crippen LogP contribution in [0.4, 0.5) is 10.1 Å². The third-order valence-electron chi connectivity index (χ3n) is 2.57. The second-order valence-electron chi connectivity index (χ2n) is 4.05. The second kappa shape index (κ2) is 5.95. The van der Waals surface area contributed by atoms with E-state index in [9.17, 15) is 12.8 Å². The number of benzene rings is 1. The average Bonchev–Trinajstić information content (AvgIpc) is 2.86. The van der Waals surface area contributed by atoms with Crippen LogP contribution < -0.4 is 4.72 Å². The van der Waals surface area contributed by atoms with E-state index in [2.05, 4.69) is 21.7 Å².